The number of hydrogen-bond donors (Lipinski definition) is 1. The van der Waals surface area contributed by atoms with E-state index >= 15 is 0 Å². The molecule has 0 unspecified atom stereocenters. The van der Waals surface area contributed by atoms with Crippen LogP contribution in [0.2, 0.25) is 0 Å². The van der Waals surface area contributed by atoms with Crippen molar-refractivity contribution in [3.05, 3.63) is 112 Å². The van der Waals surface area contributed by atoms with Crippen LogP contribution in [-0.4, -0.2) is 31.3 Å². The van der Waals surface area contributed by atoms with Crippen LogP contribution >= 0.6 is 11.8 Å². The van der Waals surface area contributed by atoms with E-state index in [0.717, 1.165) is 11.4 Å². The number of hydrogen-bond acceptors (Lipinski definition) is 7. The maximum Gasteiger partial charge on any atom is 0.336 e. The third-order valence-electron chi connectivity index (χ3n) is 6.20. The van der Waals surface area contributed by atoms with E-state index in [1.54, 1.807) is 11.8 Å². The second-order valence-electron chi connectivity index (χ2n) is 8.60. The number of nitriles is 1. The van der Waals surface area contributed by atoms with Gasteiger partial charge in [0.1, 0.15) is 5.75 Å². The molecule has 4 rings (SSSR count). The first-order valence-corrected chi connectivity index (χ1v) is 13.5. The second-order valence-corrected chi connectivity index (χ2v) is 9.59. The molecule has 0 fully saturated rings. The Labute approximate surface area is 232 Å². The summed E-state index contributed by atoms with van der Waals surface area (Å²) < 4.78 is 10.9. The molecule has 39 heavy (non-hydrogen) atoms. The molecule has 0 radical (unpaired) electrons. The van der Waals surface area contributed by atoms with Crippen LogP contribution in [0.3, 0.4) is 0 Å². The van der Waals surface area contributed by atoms with Gasteiger partial charge in [-0.3, -0.25) is 9.69 Å². The Balaban J connectivity index is 1.72. The molecule has 1 aliphatic heterocycles. The number of anilines is 2. The van der Waals surface area contributed by atoms with Gasteiger partial charge in [-0.05, 0) is 44.2 Å². The molecule has 0 saturated carbocycles. The Morgan fingerprint density at radius 2 is 1.56 bits per heavy atom. The molecule has 0 bridgehead atoms. The zero-order valence-electron chi connectivity index (χ0n) is 22.0. The summed E-state index contributed by atoms with van der Waals surface area (Å²) in [5.41, 5.74) is 3.36. The smallest absolute Gasteiger partial charge is 0.336 e. The highest BCUT2D eigenvalue weighted by Crippen LogP contribution is 2.44. The molecule has 8 heteroatoms. The molecule has 3 aromatic rings. The summed E-state index contributed by atoms with van der Waals surface area (Å²) in [6.45, 7) is 4.06. The van der Waals surface area contributed by atoms with Crippen molar-refractivity contribution in [2.45, 2.75) is 19.8 Å². The van der Waals surface area contributed by atoms with Crippen molar-refractivity contribution < 1.29 is 19.1 Å². The SMILES string of the molecule is CCOc1ccccc1[C@@H]1C(C#N)=C(SCC(=O)N(c2ccccc2)c2ccccc2)NC(C)=C1C(=O)OC. The average molecular weight is 540 g/mol. The van der Waals surface area contributed by atoms with Crippen molar-refractivity contribution in [1.82, 2.24) is 5.32 Å². The van der Waals surface area contributed by atoms with Crippen molar-refractivity contribution in [2.24, 2.45) is 0 Å². The molecule has 1 aliphatic rings. The monoisotopic (exact) mass is 539 g/mol. The summed E-state index contributed by atoms with van der Waals surface area (Å²) in [5.74, 6) is -0.783. The molecular formula is C31H29N3O4S. The predicted molar refractivity (Wildman–Crippen MR) is 153 cm³/mol. The van der Waals surface area contributed by atoms with E-state index in [1.165, 1.54) is 18.9 Å². The van der Waals surface area contributed by atoms with E-state index in [2.05, 4.69) is 11.4 Å². The number of thioether (sulfide) groups is 1. The molecular weight excluding hydrogens is 510 g/mol. The van der Waals surface area contributed by atoms with E-state index < -0.39 is 11.9 Å². The Bertz CT molecular complexity index is 1410. The standard InChI is InChI=1S/C31H29N3O4S/c1-4-38-26-18-12-11-17-24(26)29-25(19-32)30(33-21(2)28(29)31(36)37-3)39-20-27(35)34(22-13-7-5-8-14-22)23-15-9-6-10-16-23/h5-18,29,33H,4,20H2,1-3H3/t29-/m1/s1. The van der Waals surface area contributed by atoms with Gasteiger partial charge in [0.15, 0.2) is 0 Å². The molecule has 198 valence electrons. The van der Waals surface area contributed by atoms with Gasteiger partial charge in [-0.2, -0.15) is 5.26 Å². The summed E-state index contributed by atoms with van der Waals surface area (Å²) in [7, 11) is 1.31. The van der Waals surface area contributed by atoms with Crippen LogP contribution in [0.5, 0.6) is 5.75 Å². The quantitative estimate of drug-likeness (QED) is 0.331. The molecule has 0 aliphatic carbocycles. The summed E-state index contributed by atoms with van der Waals surface area (Å²) in [4.78, 5) is 28.2. The van der Waals surface area contributed by atoms with Crippen molar-refractivity contribution in [1.29, 1.82) is 5.26 Å². The van der Waals surface area contributed by atoms with E-state index in [9.17, 15) is 14.9 Å². The lowest BCUT2D eigenvalue weighted by Gasteiger charge is -2.30. The van der Waals surface area contributed by atoms with Gasteiger partial charge in [0.05, 0.1) is 47.6 Å². The lowest BCUT2D eigenvalue weighted by atomic mass is 9.82. The van der Waals surface area contributed by atoms with Gasteiger partial charge >= 0.3 is 5.97 Å². The molecule has 0 spiro atoms. The number of carbonyl (C=O) groups excluding carboxylic acids is 2. The molecule has 1 heterocycles. The molecule has 0 aromatic heterocycles. The van der Waals surface area contributed by atoms with Crippen LogP contribution < -0.4 is 15.0 Å². The van der Waals surface area contributed by atoms with Gasteiger partial charge in [0.25, 0.3) is 0 Å². The molecule has 7 nitrogen and oxygen atoms in total. The molecule has 0 saturated heterocycles. The fraction of sp³-hybridized carbons (Fsp3) is 0.194. The number of ether oxygens (including phenoxy) is 2. The number of esters is 1. The first-order valence-electron chi connectivity index (χ1n) is 12.5. The van der Waals surface area contributed by atoms with Gasteiger partial charge < -0.3 is 14.8 Å². The minimum atomic E-state index is -0.719. The third-order valence-corrected chi connectivity index (χ3v) is 7.20. The van der Waals surface area contributed by atoms with E-state index in [4.69, 9.17) is 9.47 Å². The number of methoxy groups -OCH3 is 1. The lowest BCUT2D eigenvalue weighted by Crippen LogP contribution is -2.31. The van der Waals surface area contributed by atoms with Crippen LogP contribution in [0, 0.1) is 11.3 Å². The molecule has 3 aromatic carbocycles. The van der Waals surface area contributed by atoms with Gasteiger partial charge in [-0.1, -0.05) is 66.4 Å². The van der Waals surface area contributed by atoms with Crippen molar-refractivity contribution >= 4 is 35.0 Å². The second kappa shape index (κ2) is 12.9. The minimum absolute atomic E-state index is 0.0535. The maximum atomic E-state index is 13.6. The van der Waals surface area contributed by atoms with Gasteiger partial charge in [-0.25, -0.2) is 4.79 Å². The Kier molecular flexibility index (Phi) is 9.08. The van der Waals surface area contributed by atoms with Crippen LogP contribution in [0.25, 0.3) is 0 Å². The Morgan fingerprint density at radius 3 is 2.13 bits per heavy atom. The first-order chi connectivity index (χ1) is 19.0. The fourth-order valence-electron chi connectivity index (χ4n) is 4.51. The number of rotatable bonds is 9. The largest absolute Gasteiger partial charge is 0.494 e. The fourth-order valence-corrected chi connectivity index (χ4v) is 5.45. The van der Waals surface area contributed by atoms with Gasteiger partial charge in [0, 0.05) is 22.6 Å². The number of dihydropyridines is 1. The summed E-state index contributed by atoms with van der Waals surface area (Å²) in [6.07, 6.45) is 0. The highest BCUT2D eigenvalue weighted by atomic mass is 32.2. The molecule has 1 atom stereocenters. The topological polar surface area (TPSA) is 91.7 Å². The zero-order chi connectivity index (χ0) is 27.8. The number of nitrogens with one attached hydrogen (secondary N) is 1. The zero-order valence-corrected chi connectivity index (χ0v) is 22.8. The number of para-hydroxylation sites is 3. The van der Waals surface area contributed by atoms with E-state index in [0.29, 0.717) is 39.8 Å². The Morgan fingerprint density at radius 1 is 0.974 bits per heavy atom. The first kappa shape index (κ1) is 27.6. The predicted octanol–water partition coefficient (Wildman–Crippen LogP) is 6.05. The average Bonchev–Trinajstić information content (AvgIpc) is 2.97. The van der Waals surface area contributed by atoms with E-state index in [1.807, 2.05) is 91.9 Å². The number of nitrogens with zero attached hydrogens (tertiary/aromatic N) is 2. The molecule has 1 N–H and O–H groups in total. The minimum Gasteiger partial charge on any atom is -0.494 e. The number of benzene rings is 3. The van der Waals surface area contributed by atoms with Crippen molar-refractivity contribution in [3.8, 4) is 11.8 Å². The Hall–Kier alpha value is -4.48. The van der Waals surface area contributed by atoms with Crippen molar-refractivity contribution in [3.63, 3.8) is 0 Å². The van der Waals surface area contributed by atoms with Crippen LogP contribution in [0.4, 0.5) is 11.4 Å². The summed E-state index contributed by atoms with van der Waals surface area (Å²) in [5, 5.41) is 14.0. The van der Waals surface area contributed by atoms with E-state index in [-0.39, 0.29) is 11.7 Å². The number of amides is 1. The maximum absolute atomic E-state index is 13.6. The highest BCUT2D eigenvalue weighted by molar-refractivity contribution is 8.03. The number of allylic oxidation sites excluding steroid dienone is 2. The molecule has 1 amide bonds. The van der Waals surface area contributed by atoms with Crippen molar-refractivity contribution in [2.75, 3.05) is 24.4 Å². The summed E-state index contributed by atoms with van der Waals surface area (Å²) >= 11 is 1.23. The highest BCUT2D eigenvalue weighted by Gasteiger charge is 2.37. The van der Waals surface area contributed by atoms with Crippen LogP contribution in [0.1, 0.15) is 25.3 Å². The van der Waals surface area contributed by atoms with Gasteiger partial charge in [0.2, 0.25) is 5.91 Å². The lowest BCUT2D eigenvalue weighted by molar-refractivity contribution is -0.136. The summed E-state index contributed by atoms with van der Waals surface area (Å²) in [6, 6.07) is 28.5. The third kappa shape index (κ3) is 6.00. The van der Waals surface area contributed by atoms with Gasteiger partial charge in [-0.15, -0.1) is 0 Å². The van der Waals surface area contributed by atoms with Crippen LogP contribution in [-0.2, 0) is 14.3 Å². The number of carbonyl (C=O) groups is 2. The van der Waals surface area contributed by atoms with Crippen LogP contribution in [0.15, 0.2) is 107 Å². The normalized spacial score (nSPS) is 14.8.